The van der Waals surface area contributed by atoms with Crippen molar-refractivity contribution in [3.8, 4) is 11.5 Å². The molecule has 1 saturated heterocycles. The SMILES string of the molecule is COc1ccc([C@H]2CNC(=O)[C@@H](CCc3ccccc3)C2)cc1OC1CCCC1. The van der Waals surface area contributed by atoms with Crippen LogP contribution >= 0.6 is 0 Å². The molecule has 2 aromatic rings. The summed E-state index contributed by atoms with van der Waals surface area (Å²) in [6.45, 7) is 0.690. The van der Waals surface area contributed by atoms with Crippen molar-refractivity contribution in [1.29, 1.82) is 0 Å². The number of carbonyl (C=O) groups is 1. The highest BCUT2D eigenvalue weighted by Crippen LogP contribution is 2.37. The lowest BCUT2D eigenvalue weighted by atomic mass is 9.82. The van der Waals surface area contributed by atoms with E-state index in [1.807, 2.05) is 12.1 Å². The fourth-order valence-electron chi connectivity index (χ4n) is 4.62. The number of nitrogens with one attached hydrogen (secondary N) is 1. The third kappa shape index (κ3) is 4.92. The van der Waals surface area contributed by atoms with E-state index < -0.39 is 0 Å². The van der Waals surface area contributed by atoms with Crippen molar-refractivity contribution in [3.63, 3.8) is 0 Å². The first kappa shape index (κ1) is 19.8. The van der Waals surface area contributed by atoms with Crippen LogP contribution in [0, 0.1) is 5.92 Å². The first-order valence-corrected chi connectivity index (χ1v) is 10.9. The molecule has 1 heterocycles. The number of aryl methyl sites for hydroxylation is 1. The maximum absolute atomic E-state index is 12.4. The Kier molecular flexibility index (Phi) is 6.38. The molecular formula is C25H31NO3. The van der Waals surface area contributed by atoms with E-state index in [9.17, 15) is 4.79 Å². The third-order valence-electron chi connectivity index (χ3n) is 6.34. The lowest BCUT2D eigenvalue weighted by molar-refractivity contribution is -0.127. The van der Waals surface area contributed by atoms with Crippen molar-refractivity contribution in [1.82, 2.24) is 5.32 Å². The summed E-state index contributed by atoms with van der Waals surface area (Å²) in [4.78, 5) is 12.4. The van der Waals surface area contributed by atoms with Gasteiger partial charge in [-0.25, -0.2) is 0 Å². The molecule has 1 aliphatic heterocycles. The van der Waals surface area contributed by atoms with Gasteiger partial charge in [0.25, 0.3) is 0 Å². The van der Waals surface area contributed by atoms with Crippen molar-refractivity contribution >= 4 is 5.91 Å². The Morgan fingerprint density at radius 3 is 2.59 bits per heavy atom. The molecule has 2 aromatic carbocycles. The number of hydrogen-bond donors (Lipinski definition) is 1. The van der Waals surface area contributed by atoms with Gasteiger partial charge in [-0.2, -0.15) is 0 Å². The molecule has 0 aromatic heterocycles. The average molecular weight is 394 g/mol. The minimum absolute atomic E-state index is 0.0512. The Labute approximate surface area is 173 Å². The summed E-state index contributed by atoms with van der Waals surface area (Å²) in [5, 5.41) is 3.13. The maximum Gasteiger partial charge on any atom is 0.223 e. The van der Waals surface area contributed by atoms with Crippen LogP contribution in [0.2, 0.25) is 0 Å². The lowest BCUT2D eigenvalue weighted by Crippen LogP contribution is -2.40. The van der Waals surface area contributed by atoms with Gasteiger partial charge < -0.3 is 14.8 Å². The summed E-state index contributed by atoms with van der Waals surface area (Å²) in [6.07, 6.45) is 7.72. The molecule has 154 valence electrons. The van der Waals surface area contributed by atoms with Crippen LogP contribution in [0.1, 0.15) is 55.6 Å². The van der Waals surface area contributed by atoms with Gasteiger partial charge in [0.05, 0.1) is 13.2 Å². The molecule has 1 amide bonds. The number of benzene rings is 2. The van der Waals surface area contributed by atoms with Gasteiger partial charge in [-0.3, -0.25) is 4.79 Å². The summed E-state index contributed by atoms with van der Waals surface area (Å²) < 4.78 is 11.8. The van der Waals surface area contributed by atoms with Crippen LogP contribution in [0.25, 0.3) is 0 Å². The normalized spacial score (nSPS) is 22.3. The molecule has 0 radical (unpaired) electrons. The van der Waals surface area contributed by atoms with Gasteiger partial charge in [-0.05, 0) is 68.2 Å². The zero-order valence-corrected chi connectivity index (χ0v) is 17.2. The Morgan fingerprint density at radius 2 is 1.83 bits per heavy atom. The number of amides is 1. The Morgan fingerprint density at radius 1 is 1.03 bits per heavy atom. The van der Waals surface area contributed by atoms with Crippen molar-refractivity contribution in [3.05, 3.63) is 59.7 Å². The van der Waals surface area contributed by atoms with E-state index in [4.69, 9.17) is 9.47 Å². The molecule has 1 aliphatic carbocycles. The quantitative estimate of drug-likeness (QED) is 0.730. The highest BCUT2D eigenvalue weighted by atomic mass is 16.5. The number of hydrogen-bond acceptors (Lipinski definition) is 3. The second kappa shape index (κ2) is 9.34. The molecular weight excluding hydrogens is 362 g/mol. The van der Waals surface area contributed by atoms with E-state index in [0.29, 0.717) is 18.6 Å². The highest BCUT2D eigenvalue weighted by molar-refractivity contribution is 5.79. The summed E-state index contributed by atoms with van der Waals surface area (Å²) in [7, 11) is 1.69. The lowest BCUT2D eigenvalue weighted by Gasteiger charge is -2.30. The molecule has 4 heteroatoms. The molecule has 29 heavy (non-hydrogen) atoms. The number of methoxy groups -OCH3 is 1. The van der Waals surface area contributed by atoms with E-state index in [0.717, 1.165) is 43.6 Å². The molecule has 2 atom stereocenters. The van der Waals surface area contributed by atoms with E-state index in [1.54, 1.807) is 7.11 Å². The Bertz CT molecular complexity index is 814. The molecule has 2 fully saturated rings. The van der Waals surface area contributed by atoms with Gasteiger partial charge in [0.2, 0.25) is 5.91 Å². The van der Waals surface area contributed by atoms with Crippen molar-refractivity contribution in [2.45, 2.75) is 57.0 Å². The molecule has 0 bridgehead atoms. The van der Waals surface area contributed by atoms with Crippen LogP contribution in [-0.2, 0) is 11.2 Å². The zero-order valence-electron chi connectivity index (χ0n) is 17.2. The van der Waals surface area contributed by atoms with Gasteiger partial charge in [-0.15, -0.1) is 0 Å². The van der Waals surface area contributed by atoms with Crippen LogP contribution in [-0.4, -0.2) is 25.7 Å². The third-order valence-corrected chi connectivity index (χ3v) is 6.34. The maximum atomic E-state index is 12.4. The first-order valence-electron chi connectivity index (χ1n) is 10.9. The van der Waals surface area contributed by atoms with E-state index in [-0.39, 0.29) is 11.8 Å². The topological polar surface area (TPSA) is 47.6 Å². The molecule has 1 N–H and O–H groups in total. The van der Waals surface area contributed by atoms with Gasteiger partial charge >= 0.3 is 0 Å². The fraction of sp³-hybridized carbons (Fsp3) is 0.480. The van der Waals surface area contributed by atoms with Crippen LogP contribution in [0.3, 0.4) is 0 Å². The summed E-state index contributed by atoms with van der Waals surface area (Å²) in [6, 6.07) is 16.7. The van der Waals surface area contributed by atoms with Gasteiger partial charge in [0.1, 0.15) is 0 Å². The molecule has 4 nitrogen and oxygen atoms in total. The van der Waals surface area contributed by atoms with Crippen LogP contribution in [0.15, 0.2) is 48.5 Å². The monoisotopic (exact) mass is 393 g/mol. The molecule has 4 rings (SSSR count). The van der Waals surface area contributed by atoms with Crippen LogP contribution < -0.4 is 14.8 Å². The van der Waals surface area contributed by atoms with Gasteiger partial charge in [-0.1, -0.05) is 36.4 Å². The Balaban J connectivity index is 1.44. The molecule has 1 saturated carbocycles. The molecule has 0 unspecified atom stereocenters. The van der Waals surface area contributed by atoms with E-state index in [1.165, 1.54) is 24.0 Å². The number of ether oxygens (including phenoxy) is 2. The van der Waals surface area contributed by atoms with Crippen LogP contribution in [0.4, 0.5) is 0 Å². The van der Waals surface area contributed by atoms with Crippen molar-refractivity contribution < 1.29 is 14.3 Å². The number of rotatable bonds is 7. The van der Waals surface area contributed by atoms with Gasteiger partial charge in [0, 0.05) is 18.4 Å². The summed E-state index contributed by atoms with van der Waals surface area (Å²) >= 11 is 0. The molecule has 2 aliphatic rings. The minimum Gasteiger partial charge on any atom is -0.493 e. The second-order valence-electron chi connectivity index (χ2n) is 8.33. The number of carbonyl (C=O) groups excluding carboxylic acids is 1. The van der Waals surface area contributed by atoms with Crippen molar-refractivity contribution in [2.75, 3.05) is 13.7 Å². The Hall–Kier alpha value is -2.49. The summed E-state index contributed by atoms with van der Waals surface area (Å²) in [5.74, 6) is 2.18. The average Bonchev–Trinajstić information content (AvgIpc) is 3.27. The largest absolute Gasteiger partial charge is 0.493 e. The van der Waals surface area contributed by atoms with Crippen LogP contribution in [0.5, 0.6) is 11.5 Å². The van der Waals surface area contributed by atoms with Gasteiger partial charge in [0.15, 0.2) is 11.5 Å². The van der Waals surface area contributed by atoms with E-state index in [2.05, 4.69) is 41.7 Å². The standard InChI is InChI=1S/C25H31NO3/c1-28-23-14-13-19(16-24(23)29-22-9-5-6-10-22)21-15-20(25(27)26-17-21)12-11-18-7-3-2-4-8-18/h2-4,7-8,13-14,16,20-22H,5-6,9-12,15,17H2,1H3,(H,26,27)/t20-,21+/m0/s1. The second-order valence-corrected chi connectivity index (χ2v) is 8.33. The zero-order chi connectivity index (χ0) is 20.1. The van der Waals surface area contributed by atoms with E-state index >= 15 is 0 Å². The first-order chi connectivity index (χ1) is 14.2. The predicted molar refractivity (Wildman–Crippen MR) is 114 cm³/mol. The fourth-order valence-corrected chi connectivity index (χ4v) is 4.62. The predicted octanol–water partition coefficient (Wildman–Crippen LogP) is 4.87. The minimum atomic E-state index is 0.0512. The molecule has 0 spiro atoms. The van der Waals surface area contributed by atoms with Crippen molar-refractivity contribution in [2.24, 2.45) is 5.92 Å². The summed E-state index contributed by atoms with van der Waals surface area (Å²) in [5.41, 5.74) is 2.52. The highest BCUT2D eigenvalue weighted by Gasteiger charge is 2.30. The number of piperidine rings is 1. The smallest absolute Gasteiger partial charge is 0.223 e.